The van der Waals surface area contributed by atoms with Crippen LogP contribution in [0.1, 0.15) is 40.5 Å². The van der Waals surface area contributed by atoms with Crippen LogP contribution in [0.25, 0.3) is 16.7 Å². The Balaban J connectivity index is 1.83. The second kappa shape index (κ2) is 11.8. The molecule has 0 bridgehead atoms. The molecule has 3 aromatic heterocycles. The Hall–Kier alpha value is -4.71. The first-order chi connectivity index (χ1) is 19.9. The molecule has 4 heterocycles. The topological polar surface area (TPSA) is 132 Å². The SMILES string of the molecule is CCOC(=O)c1cc2c(=O)n3ccccc3nc2n(CC2CCCO2)c1=NC(=O)c1cc(OC)c(OC)c(OC)c1. The Labute approximate surface area is 234 Å². The van der Waals surface area contributed by atoms with Crippen molar-refractivity contribution in [2.24, 2.45) is 4.99 Å². The third kappa shape index (κ3) is 5.25. The Kier molecular flexibility index (Phi) is 8.02. The molecule has 214 valence electrons. The maximum absolute atomic E-state index is 13.7. The van der Waals surface area contributed by atoms with Crippen molar-refractivity contribution in [3.63, 3.8) is 0 Å². The van der Waals surface area contributed by atoms with Gasteiger partial charge in [0.15, 0.2) is 17.0 Å². The van der Waals surface area contributed by atoms with Gasteiger partial charge in [-0.25, -0.2) is 9.78 Å². The minimum Gasteiger partial charge on any atom is -0.493 e. The third-order valence-electron chi connectivity index (χ3n) is 6.81. The molecular formula is C29H30N4O8. The van der Waals surface area contributed by atoms with Crippen LogP contribution in [0.2, 0.25) is 0 Å². The number of carbonyl (C=O) groups is 2. The van der Waals surface area contributed by atoms with Crippen LogP contribution in [0, 0.1) is 0 Å². The summed E-state index contributed by atoms with van der Waals surface area (Å²) in [5.41, 5.74) is 0.368. The molecule has 1 fully saturated rings. The molecule has 41 heavy (non-hydrogen) atoms. The van der Waals surface area contributed by atoms with Gasteiger partial charge in [-0.1, -0.05) is 6.07 Å². The summed E-state index contributed by atoms with van der Waals surface area (Å²) in [6.07, 6.45) is 2.98. The van der Waals surface area contributed by atoms with Crippen LogP contribution in [0.3, 0.4) is 0 Å². The molecule has 5 rings (SSSR count). The summed E-state index contributed by atoms with van der Waals surface area (Å²) >= 11 is 0. The van der Waals surface area contributed by atoms with Crippen LogP contribution in [-0.2, 0) is 16.0 Å². The molecular weight excluding hydrogens is 532 g/mol. The van der Waals surface area contributed by atoms with Crippen molar-refractivity contribution >= 4 is 28.6 Å². The number of carbonyl (C=O) groups excluding carboxylic acids is 2. The standard InChI is InChI=1S/C29H30N4O8/c1-5-40-29(36)20-15-19-25(30-23-10-6-7-11-32(23)28(19)35)33(16-18-9-8-12-41-18)26(20)31-27(34)17-13-21(37-2)24(39-4)22(14-17)38-3/h6-7,10-11,13-15,18H,5,8-9,12,16H2,1-4H3. The molecule has 1 aliphatic rings. The Morgan fingerprint density at radius 2 is 1.85 bits per heavy atom. The highest BCUT2D eigenvalue weighted by molar-refractivity contribution is 5.98. The number of fused-ring (bicyclic) bond motifs is 2. The van der Waals surface area contributed by atoms with E-state index in [9.17, 15) is 14.4 Å². The van der Waals surface area contributed by atoms with Crippen molar-refractivity contribution in [2.45, 2.75) is 32.4 Å². The molecule has 0 radical (unpaired) electrons. The van der Waals surface area contributed by atoms with E-state index in [1.807, 2.05) is 0 Å². The van der Waals surface area contributed by atoms with E-state index in [0.29, 0.717) is 18.0 Å². The highest BCUT2D eigenvalue weighted by atomic mass is 16.5. The summed E-state index contributed by atoms with van der Waals surface area (Å²) in [5.74, 6) is -0.572. The van der Waals surface area contributed by atoms with Gasteiger partial charge in [0.05, 0.1) is 46.0 Å². The summed E-state index contributed by atoms with van der Waals surface area (Å²) in [6, 6.07) is 9.52. The molecule has 1 unspecified atom stereocenters. The molecule has 1 aliphatic heterocycles. The summed E-state index contributed by atoms with van der Waals surface area (Å²) in [6.45, 7) is 2.54. The predicted octanol–water partition coefficient (Wildman–Crippen LogP) is 2.77. The fourth-order valence-electron chi connectivity index (χ4n) is 4.89. The summed E-state index contributed by atoms with van der Waals surface area (Å²) in [7, 11) is 4.34. The lowest BCUT2D eigenvalue weighted by Crippen LogP contribution is -2.35. The normalized spacial score (nSPS) is 15.3. The number of methoxy groups -OCH3 is 3. The molecule has 1 atom stereocenters. The molecule has 0 saturated carbocycles. The fraction of sp³-hybridized carbons (Fsp3) is 0.345. The largest absolute Gasteiger partial charge is 0.493 e. The number of esters is 1. The first-order valence-electron chi connectivity index (χ1n) is 13.1. The third-order valence-corrected chi connectivity index (χ3v) is 6.81. The number of rotatable bonds is 8. The van der Waals surface area contributed by atoms with Gasteiger partial charge >= 0.3 is 5.97 Å². The van der Waals surface area contributed by atoms with Gasteiger partial charge in [-0.3, -0.25) is 14.0 Å². The van der Waals surface area contributed by atoms with Gasteiger partial charge < -0.3 is 28.3 Å². The molecule has 12 nitrogen and oxygen atoms in total. The second-order valence-corrected chi connectivity index (χ2v) is 9.26. The van der Waals surface area contributed by atoms with Gasteiger partial charge in [-0.2, -0.15) is 4.99 Å². The molecule has 0 N–H and O–H groups in total. The minimum atomic E-state index is -0.732. The molecule has 0 aliphatic carbocycles. The van der Waals surface area contributed by atoms with Crippen molar-refractivity contribution in [1.29, 1.82) is 0 Å². The van der Waals surface area contributed by atoms with E-state index in [1.165, 1.54) is 43.9 Å². The van der Waals surface area contributed by atoms with Gasteiger partial charge in [0.2, 0.25) is 5.75 Å². The van der Waals surface area contributed by atoms with Crippen LogP contribution >= 0.6 is 0 Å². The van der Waals surface area contributed by atoms with Crippen LogP contribution in [0.5, 0.6) is 17.2 Å². The highest BCUT2D eigenvalue weighted by Gasteiger charge is 2.24. The summed E-state index contributed by atoms with van der Waals surface area (Å²) in [5, 5.41) is 0.175. The zero-order chi connectivity index (χ0) is 29.1. The predicted molar refractivity (Wildman–Crippen MR) is 148 cm³/mol. The molecule has 1 amide bonds. The quantitative estimate of drug-likeness (QED) is 0.235. The smallest absolute Gasteiger partial charge is 0.341 e. The first-order valence-corrected chi connectivity index (χ1v) is 13.1. The van der Waals surface area contributed by atoms with E-state index in [1.54, 1.807) is 35.9 Å². The van der Waals surface area contributed by atoms with Crippen molar-refractivity contribution < 1.29 is 33.3 Å². The number of nitrogens with zero attached hydrogens (tertiary/aromatic N) is 4. The number of hydrogen-bond acceptors (Lipinski definition) is 9. The summed E-state index contributed by atoms with van der Waals surface area (Å²) in [4.78, 5) is 49.6. The number of hydrogen-bond donors (Lipinski definition) is 0. The maximum Gasteiger partial charge on any atom is 0.341 e. The lowest BCUT2D eigenvalue weighted by Gasteiger charge is -2.18. The van der Waals surface area contributed by atoms with Crippen LogP contribution < -0.4 is 25.3 Å². The van der Waals surface area contributed by atoms with E-state index >= 15 is 0 Å². The number of amides is 1. The average Bonchev–Trinajstić information content (AvgIpc) is 3.51. The fourth-order valence-corrected chi connectivity index (χ4v) is 4.89. The van der Waals surface area contributed by atoms with Gasteiger partial charge in [-0.05, 0) is 50.1 Å². The number of aromatic nitrogens is 3. The Morgan fingerprint density at radius 1 is 1.10 bits per heavy atom. The molecule has 12 heteroatoms. The maximum atomic E-state index is 13.7. The Bertz CT molecular complexity index is 1740. The van der Waals surface area contributed by atoms with Gasteiger partial charge in [0.1, 0.15) is 16.9 Å². The van der Waals surface area contributed by atoms with E-state index in [2.05, 4.69) is 4.99 Å². The molecule has 0 spiro atoms. The van der Waals surface area contributed by atoms with Crippen LogP contribution in [-0.4, -0.2) is 66.5 Å². The highest BCUT2D eigenvalue weighted by Crippen LogP contribution is 2.38. The molecule has 1 aromatic carbocycles. The Morgan fingerprint density at radius 3 is 2.49 bits per heavy atom. The van der Waals surface area contributed by atoms with E-state index in [-0.39, 0.29) is 64.0 Å². The van der Waals surface area contributed by atoms with Crippen LogP contribution in [0.4, 0.5) is 0 Å². The summed E-state index contributed by atoms with van der Waals surface area (Å²) < 4.78 is 30.4. The number of pyridine rings is 2. The van der Waals surface area contributed by atoms with Crippen molar-refractivity contribution in [2.75, 3.05) is 34.5 Å². The minimum absolute atomic E-state index is 0.00242. The first kappa shape index (κ1) is 27.8. The van der Waals surface area contributed by atoms with Gasteiger partial charge in [-0.15, -0.1) is 0 Å². The van der Waals surface area contributed by atoms with Crippen LogP contribution in [0.15, 0.2) is 52.4 Å². The van der Waals surface area contributed by atoms with Crippen molar-refractivity contribution in [1.82, 2.24) is 14.0 Å². The number of ether oxygens (including phenoxy) is 5. The molecule has 4 aromatic rings. The monoisotopic (exact) mass is 562 g/mol. The van der Waals surface area contributed by atoms with Crippen molar-refractivity contribution in [3.05, 3.63) is 69.6 Å². The van der Waals surface area contributed by atoms with E-state index in [4.69, 9.17) is 28.7 Å². The lowest BCUT2D eigenvalue weighted by molar-refractivity contribution is 0.0521. The van der Waals surface area contributed by atoms with Gasteiger partial charge in [0, 0.05) is 18.4 Å². The second-order valence-electron chi connectivity index (χ2n) is 9.26. The lowest BCUT2D eigenvalue weighted by atomic mass is 10.1. The van der Waals surface area contributed by atoms with Gasteiger partial charge in [0.25, 0.3) is 11.5 Å². The van der Waals surface area contributed by atoms with Crippen molar-refractivity contribution in [3.8, 4) is 17.2 Å². The molecule has 1 saturated heterocycles. The number of benzene rings is 1. The average molecular weight is 563 g/mol. The van der Waals surface area contributed by atoms with E-state index in [0.717, 1.165) is 12.8 Å². The van der Waals surface area contributed by atoms with E-state index < -0.39 is 11.9 Å². The zero-order valence-corrected chi connectivity index (χ0v) is 23.2. The zero-order valence-electron chi connectivity index (χ0n) is 23.2.